The van der Waals surface area contributed by atoms with Crippen molar-refractivity contribution < 1.29 is 14.3 Å². The van der Waals surface area contributed by atoms with Gasteiger partial charge in [-0.15, -0.1) is 0 Å². The molecule has 0 unspecified atom stereocenters. The third kappa shape index (κ3) is 4.13. The van der Waals surface area contributed by atoms with Crippen LogP contribution < -0.4 is 4.74 Å². The van der Waals surface area contributed by atoms with Crippen LogP contribution in [0.2, 0.25) is 0 Å². The SMILES string of the molecule is CN(CC=O)C(=O)CCOc1ccccc1. The second-order valence-electron chi connectivity index (χ2n) is 3.35. The minimum atomic E-state index is -0.0944. The zero-order valence-electron chi connectivity index (χ0n) is 9.26. The molecule has 1 amide bonds. The number of para-hydroxylation sites is 1. The second kappa shape index (κ2) is 6.61. The fraction of sp³-hybridized carbons (Fsp3) is 0.333. The van der Waals surface area contributed by atoms with Crippen LogP contribution in [0, 0.1) is 0 Å². The molecule has 4 nitrogen and oxygen atoms in total. The Morgan fingerprint density at radius 3 is 2.69 bits per heavy atom. The summed E-state index contributed by atoms with van der Waals surface area (Å²) < 4.78 is 5.37. The van der Waals surface area contributed by atoms with Crippen molar-refractivity contribution in [2.24, 2.45) is 0 Å². The van der Waals surface area contributed by atoms with Gasteiger partial charge in [0.05, 0.1) is 19.6 Å². The number of amides is 1. The van der Waals surface area contributed by atoms with Crippen molar-refractivity contribution in [3.05, 3.63) is 30.3 Å². The van der Waals surface area contributed by atoms with Gasteiger partial charge in [-0.3, -0.25) is 4.79 Å². The molecule has 0 atom stereocenters. The number of hydrogen-bond acceptors (Lipinski definition) is 3. The van der Waals surface area contributed by atoms with Gasteiger partial charge in [-0.1, -0.05) is 18.2 Å². The highest BCUT2D eigenvalue weighted by Crippen LogP contribution is 2.08. The van der Waals surface area contributed by atoms with E-state index in [0.29, 0.717) is 12.9 Å². The van der Waals surface area contributed by atoms with Gasteiger partial charge in [0.15, 0.2) is 0 Å². The molecule has 0 radical (unpaired) electrons. The molecule has 0 fully saturated rings. The third-order valence-electron chi connectivity index (χ3n) is 2.10. The second-order valence-corrected chi connectivity index (χ2v) is 3.35. The number of carbonyl (C=O) groups excluding carboxylic acids is 2. The first-order valence-corrected chi connectivity index (χ1v) is 5.09. The van der Waals surface area contributed by atoms with E-state index in [9.17, 15) is 9.59 Å². The Hall–Kier alpha value is -1.84. The molecule has 0 heterocycles. The van der Waals surface area contributed by atoms with E-state index in [-0.39, 0.29) is 18.9 Å². The molecule has 0 saturated heterocycles. The smallest absolute Gasteiger partial charge is 0.226 e. The van der Waals surface area contributed by atoms with Crippen LogP contribution in [0.5, 0.6) is 5.75 Å². The number of carbonyl (C=O) groups is 2. The Morgan fingerprint density at radius 2 is 2.06 bits per heavy atom. The van der Waals surface area contributed by atoms with Crippen molar-refractivity contribution in [1.29, 1.82) is 0 Å². The molecule has 0 aromatic heterocycles. The van der Waals surface area contributed by atoms with E-state index in [1.54, 1.807) is 7.05 Å². The summed E-state index contributed by atoms with van der Waals surface area (Å²) in [5, 5.41) is 0. The molecular weight excluding hydrogens is 206 g/mol. The molecule has 86 valence electrons. The van der Waals surface area contributed by atoms with Crippen molar-refractivity contribution in [3.63, 3.8) is 0 Å². The maximum Gasteiger partial charge on any atom is 0.226 e. The third-order valence-corrected chi connectivity index (χ3v) is 2.10. The van der Waals surface area contributed by atoms with Crippen LogP contribution in [0.25, 0.3) is 0 Å². The highest BCUT2D eigenvalue weighted by atomic mass is 16.5. The lowest BCUT2D eigenvalue weighted by Gasteiger charge is -2.13. The van der Waals surface area contributed by atoms with Gasteiger partial charge in [-0.2, -0.15) is 0 Å². The van der Waals surface area contributed by atoms with Gasteiger partial charge in [-0.25, -0.2) is 0 Å². The first kappa shape index (κ1) is 12.2. The zero-order chi connectivity index (χ0) is 11.8. The van der Waals surface area contributed by atoms with Gasteiger partial charge >= 0.3 is 0 Å². The number of benzene rings is 1. The Morgan fingerprint density at radius 1 is 1.38 bits per heavy atom. The fourth-order valence-corrected chi connectivity index (χ4v) is 1.18. The van der Waals surface area contributed by atoms with E-state index in [1.165, 1.54) is 4.90 Å². The number of likely N-dealkylation sites (N-methyl/N-ethyl adjacent to an activating group) is 1. The normalized spacial score (nSPS) is 9.56. The molecule has 0 aliphatic heterocycles. The summed E-state index contributed by atoms with van der Waals surface area (Å²) in [7, 11) is 1.60. The highest BCUT2D eigenvalue weighted by Gasteiger charge is 2.07. The van der Waals surface area contributed by atoms with Crippen LogP contribution >= 0.6 is 0 Å². The number of hydrogen-bond donors (Lipinski definition) is 0. The Bertz CT molecular complexity index is 337. The van der Waals surface area contributed by atoms with Gasteiger partial charge in [-0.05, 0) is 12.1 Å². The lowest BCUT2D eigenvalue weighted by molar-refractivity contribution is -0.132. The lowest BCUT2D eigenvalue weighted by atomic mass is 10.3. The molecule has 0 spiro atoms. The molecule has 0 bridgehead atoms. The quantitative estimate of drug-likeness (QED) is 0.676. The average Bonchev–Trinajstić information content (AvgIpc) is 2.30. The largest absolute Gasteiger partial charge is 0.493 e. The van der Waals surface area contributed by atoms with E-state index < -0.39 is 0 Å². The predicted octanol–water partition coefficient (Wildman–Crippen LogP) is 1.11. The summed E-state index contributed by atoms with van der Waals surface area (Å²) in [6.45, 7) is 0.455. The van der Waals surface area contributed by atoms with Gasteiger partial charge in [0.2, 0.25) is 5.91 Å². The Kier molecular flexibility index (Phi) is 5.05. The summed E-state index contributed by atoms with van der Waals surface area (Å²) in [6.07, 6.45) is 0.981. The molecule has 0 aliphatic carbocycles. The van der Waals surface area contributed by atoms with Crippen LogP contribution in [0.1, 0.15) is 6.42 Å². The first-order valence-electron chi connectivity index (χ1n) is 5.09. The Labute approximate surface area is 94.8 Å². The lowest BCUT2D eigenvalue weighted by Crippen LogP contribution is -2.29. The van der Waals surface area contributed by atoms with Crippen molar-refractivity contribution in [2.75, 3.05) is 20.2 Å². The summed E-state index contributed by atoms with van der Waals surface area (Å²) in [6, 6.07) is 9.31. The molecule has 1 rings (SSSR count). The summed E-state index contributed by atoms with van der Waals surface area (Å²) in [5.41, 5.74) is 0. The van der Waals surface area contributed by atoms with Crippen LogP contribution in [-0.4, -0.2) is 37.3 Å². The maximum atomic E-state index is 11.4. The van der Waals surface area contributed by atoms with Crippen molar-refractivity contribution >= 4 is 12.2 Å². The molecule has 0 aliphatic rings. The van der Waals surface area contributed by atoms with E-state index in [4.69, 9.17) is 4.74 Å². The molecular formula is C12H15NO3. The Balaban J connectivity index is 2.25. The molecule has 4 heteroatoms. The van der Waals surface area contributed by atoms with E-state index in [0.717, 1.165) is 5.75 Å². The summed E-state index contributed by atoms with van der Waals surface area (Å²) >= 11 is 0. The molecule has 16 heavy (non-hydrogen) atoms. The van der Waals surface area contributed by atoms with Gasteiger partial charge in [0.1, 0.15) is 12.0 Å². The standard InChI is InChI=1S/C12H15NO3/c1-13(8-9-14)12(15)7-10-16-11-5-3-2-4-6-11/h2-6,9H,7-8,10H2,1H3. The summed E-state index contributed by atoms with van der Waals surface area (Å²) in [5.74, 6) is 0.649. The van der Waals surface area contributed by atoms with Crippen molar-refractivity contribution in [3.8, 4) is 5.75 Å². The highest BCUT2D eigenvalue weighted by molar-refractivity contribution is 5.78. The molecule has 1 aromatic rings. The number of ether oxygens (including phenoxy) is 1. The topological polar surface area (TPSA) is 46.6 Å². The summed E-state index contributed by atoms with van der Waals surface area (Å²) in [4.78, 5) is 23.0. The van der Waals surface area contributed by atoms with Gasteiger partial charge in [0.25, 0.3) is 0 Å². The van der Waals surface area contributed by atoms with E-state index in [2.05, 4.69) is 0 Å². The minimum Gasteiger partial charge on any atom is -0.493 e. The van der Waals surface area contributed by atoms with Crippen LogP contribution in [0.15, 0.2) is 30.3 Å². The number of aldehydes is 1. The van der Waals surface area contributed by atoms with Crippen molar-refractivity contribution in [1.82, 2.24) is 4.90 Å². The predicted molar refractivity (Wildman–Crippen MR) is 60.3 cm³/mol. The number of nitrogens with zero attached hydrogens (tertiary/aromatic N) is 1. The van der Waals surface area contributed by atoms with Gasteiger partial charge in [0, 0.05) is 7.05 Å². The molecule has 1 aromatic carbocycles. The van der Waals surface area contributed by atoms with E-state index in [1.807, 2.05) is 30.3 Å². The van der Waals surface area contributed by atoms with Gasteiger partial charge < -0.3 is 14.4 Å². The first-order chi connectivity index (χ1) is 7.74. The molecule has 0 N–H and O–H groups in total. The fourth-order valence-electron chi connectivity index (χ4n) is 1.18. The van der Waals surface area contributed by atoms with E-state index >= 15 is 0 Å². The minimum absolute atomic E-state index is 0.0944. The zero-order valence-corrected chi connectivity index (χ0v) is 9.26. The van der Waals surface area contributed by atoms with Crippen LogP contribution in [0.4, 0.5) is 0 Å². The van der Waals surface area contributed by atoms with Crippen LogP contribution in [0.3, 0.4) is 0 Å². The van der Waals surface area contributed by atoms with Crippen LogP contribution in [-0.2, 0) is 9.59 Å². The maximum absolute atomic E-state index is 11.4. The number of rotatable bonds is 6. The monoisotopic (exact) mass is 221 g/mol. The average molecular weight is 221 g/mol. The molecule has 0 saturated carbocycles. The van der Waals surface area contributed by atoms with Crippen molar-refractivity contribution in [2.45, 2.75) is 6.42 Å².